The monoisotopic (exact) mass is 95.1 g/mol. The molecule has 1 atom stereocenters. The molecule has 0 aromatic carbocycles. The average molecular weight is 95.0 g/mol. The van der Waals surface area contributed by atoms with E-state index in [1.54, 1.807) is 0 Å². The van der Waals surface area contributed by atoms with Crippen molar-refractivity contribution in [2.75, 3.05) is 0 Å². The standard InChI is InChI=1S/C6H12B/c1-2-6-3-4-7-5-6/h6H,2-5H2,1H3. The van der Waals surface area contributed by atoms with E-state index in [0.717, 1.165) is 5.92 Å². The fourth-order valence-electron chi connectivity index (χ4n) is 1.20. The fraction of sp³-hybridized carbons (Fsp3) is 1.00. The molecule has 1 radical (unpaired) electrons. The molecule has 0 bridgehead atoms. The lowest BCUT2D eigenvalue weighted by molar-refractivity contribution is 0.569. The van der Waals surface area contributed by atoms with Gasteiger partial charge >= 0.3 is 0 Å². The quantitative estimate of drug-likeness (QED) is 0.436. The second-order valence-corrected chi connectivity index (χ2v) is 2.38. The van der Waals surface area contributed by atoms with Crippen LogP contribution >= 0.6 is 0 Å². The van der Waals surface area contributed by atoms with Crippen molar-refractivity contribution in [2.45, 2.75) is 32.4 Å². The van der Waals surface area contributed by atoms with E-state index < -0.39 is 0 Å². The minimum absolute atomic E-state index is 1.04. The van der Waals surface area contributed by atoms with E-state index in [9.17, 15) is 0 Å². The van der Waals surface area contributed by atoms with Crippen LogP contribution in [0.15, 0.2) is 0 Å². The molecule has 39 valence electrons. The highest BCUT2D eigenvalue weighted by Gasteiger charge is 2.12. The largest absolute Gasteiger partial charge is 0.109 e. The van der Waals surface area contributed by atoms with Crippen LogP contribution < -0.4 is 0 Å². The van der Waals surface area contributed by atoms with Crippen molar-refractivity contribution in [3.8, 4) is 0 Å². The molecule has 1 rings (SSSR count). The molecule has 0 nitrogen and oxygen atoms in total. The van der Waals surface area contributed by atoms with E-state index in [0.29, 0.717) is 0 Å². The van der Waals surface area contributed by atoms with Gasteiger partial charge in [0, 0.05) is 0 Å². The van der Waals surface area contributed by atoms with Crippen molar-refractivity contribution < 1.29 is 0 Å². The van der Waals surface area contributed by atoms with Gasteiger partial charge in [0.1, 0.15) is 7.28 Å². The zero-order valence-corrected chi connectivity index (χ0v) is 4.98. The van der Waals surface area contributed by atoms with Gasteiger partial charge in [-0.25, -0.2) is 0 Å². The summed E-state index contributed by atoms with van der Waals surface area (Å²) in [6.07, 6.45) is 5.60. The molecule has 1 heterocycles. The first-order valence-corrected chi connectivity index (χ1v) is 3.25. The molecule has 0 aliphatic carbocycles. The van der Waals surface area contributed by atoms with Gasteiger partial charge in [-0.15, -0.1) is 0 Å². The van der Waals surface area contributed by atoms with E-state index in [4.69, 9.17) is 0 Å². The van der Waals surface area contributed by atoms with Crippen molar-refractivity contribution in [1.29, 1.82) is 0 Å². The molecular weight excluding hydrogens is 82.9 g/mol. The summed E-state index contributed by atoms with van der Waals surface area (Å²) in [5.41, 5.74) is 0. The third-order valence-electron chi connectivity index (χ3n) is 1.86. The van der Waals surface area contributed by atoms with Crippen LogP contribution in [0, 0.1) is 5.92 Å². The van der Waals surface area contributed by atoms with E-state index in [1.807, 2.05) is 0 Å². The highest BCUT2D eigenvalue weighted by molar-refractivity contribution is 6.36. The van der Waals surface area contributed by atoms with Gasteiger partial charge < -0.3 is 0 Å². The van der Waals surface area contributed by atoms with Gasteiger partial charge in [0.2, 0.25) is 0 Å². The third kappa shape index (κ3) is 1.22. The van der Waals surface area contributed by atoms with Gasteiger partial charge in [-0.3, -0.25) is 0 Å². The van der Waals surface area contributed by atoms with Crippen molar-refractivity contribution in [2.24, 2.45) is 5.92 Å². The molecule has 1 aliphatic rings. The third-order valence-corrected chi connectivity index (χ3v) is 1.86. The first kappa shape index (κ1) is 5.21. The van der Waals surface area contributed by atoms with Crippen molar-refractivity contribution in [3.05, 3.63) is 0 Å². The fourth-order valence-corrected chi connectivity index (χ4v) is 1.20. The lowest BCUT2D eigenvalue weighted by atomic mass is 9.76. The molecule has 1 saturated heterocycles. The van der Waals surface area contributed by atoms with Crippen LogP contribution in [0.2, 0.25) is 12.6 Å². The van der Waals surface area contributed by atoms with E-state index in [-0.39, 0.29) is 0 Å². The van der Waals surface area contributed by atoms with Crippen LogP contribution in [-0.4, -0.2) is 7.28 Å². The van der Waals surface area contributed by atoms with Crippen LogP contribution in [-0.2, 0) is 0 Å². The Morgan fingerprint density at radius 1 is 1.71 bits per heavy atom. The summed E-state index contributed by atoms with van der Waals surface area (Å²) < 4.78 is 0. The average Bonchev–Trinajstić information content (AvgIpc) is 2.14. The summed E-state index contributed by atoms with van der Waals surface area (Å²) in [5.74, 6) is 1.04. The number of hydrogen-bond donors (Lipinski definition) is 0. The summed E-state index contributed by atoms with van der Waals surface area (Å²) in [5, 5.41) is 0. The normalized spacial score (nSPS) is 30.1. The molecule has 0 aromatic heterocycles. The van der Waals surface area contributed by atoms with E-state index in [1.165, 1.54) is 25.5 Å². The first-order chi connectivity index (χ1) is 3.43. The summed E-state index contributed by atoms with van der Waals surface area (Å²) in [4.78, 5) is 0. The maximum absolute atomic E-state index is 2.41. The van der Waals surface area contributed by atoms with E-state index in [2.05, 4.69) is 14.2 Å². The second kappa shape index (κ2) is 2.39. The molecule has 0 saturated carbocycles. The Bertz CT molecular complexity index is 46.1. The van der Waals surface area contributed by atoms with Crippen LogP contribution in [0.3, 0.4) is 0 Å². The van der Waals surface area contributed by atoms with Gasteiger partial charge in [-0.1, -0.05) is 32.4 Å². The topological polar surface area (TPSA) is 0 Å². The lowest BCUT2D eigenvalue weighted by Crippen LogP contribution is -1.87. The molecule has 7 heavy (non-hydrogen) atoms. The van der Waals surface area contributed by atoms with Gasteiger partial charge in [0.15, 0.2) is 0 Å². The van der Waals surface area contributed by atoms with Crippen molar-refractivity contribution in [3.63, 3.8) is 0 Å². The van der Waals surface area contributed by atoms with Gasteiger partial charge in [-0.05, 0) is 5.92 Å². The van der Waals surface area contributed by atoms with Gasteiger partial charge in [0.05, 0.1) is 0 Å². The van der Waals surface area contributed by atoms with Gasteiger partial charge in [0.25, 0.3) is 0 Å². The van der Waals surface area contributed by atoms with Crippen LogP contribution in [0.5, 0.6) is 0 Å². The highest BCUT2D eigenvalue weighted by atomic mass is 14.1. The Hall–Kier alpha value is 0.0649. The summed E-state index contributed by atoms with van der Waals surface area (Å²) >= 11 is 0. The molecule has 1 unspecified atom stereocenters. The minimum Gasteiger partial charge on any atom is -0.0801 e. The van der Waals surface area contributed by atoms with Crippen molar-refractivity contribution >= 4 is 7.28 Å². The summed E-state index contributed by atoms with van der Waals surface area (Å²) in [6.45, 7) is 2.28. The Kier molecular flexibility index (Phi) is 1.78. The summed E-state index contributed by atoms with van der Waals surface area (Å²) in [7, 11) is 2.41. The second-order valence-electron chi connectivity index (χ2n) is 2.38. The minimum atomic E-state index is 1.04. The maximum atomic E-state index is 2.41. The molecular formula is C6H12B. The predicted octanol–water partition coefficient (Wildman–Crippen LogP) is 1.96. The van der Waals surface area contributed by atoms with E-state index >= 15 is 0 Å². The maximum Gasteiger partial charge on any atom is 0.109 e. The Balaban J connectivity index is 2.14. The molecule has 1 fully saturated rings. The zero-order chi connectivity index (χ0) is 5.11. The zero-order valence-electron chi connectivity index (χ0n) is 4.98. The number of rotatable bonds is 1. The van der Waals surface area contributed by atoms with Crippen LogP contribution in [0.4, 0.5) is 0 Å². The Morgan fingerprint density at radius 3 is 2.86 bits per heavy atom. The van der Waals surface area contributed by atoms with Crippen LogP contribution in [0.25, 0.3) is 0 Å². The number of hydrogen-bond acceptors (Lipinski definition) is 0. The lowest BCUT2D eigenvalue weighted by Gasteiger charge is -2.00. The van der Waals surface area contributed by atoms with Crippen molar-refractivity contribution in [1.82, 2.24) is 0 Å². The summed E-state index contributed by atoms with van der Waals surface area (Å²) in [6, 6.07) is 0. The molecule has 0 spiro atoms. The predicted molar refractivity (Wildman–Crippen MR) is 33.8 cm³/mol. The smallest absolute Gasteiger partial charge is 0.0801 e. The molecule has 1 heteroatoms. The van der Waals surface area contributed by atoms with Gasteiger partial charge in [-0.2, -0.15) is 0 Å². The molecule has 0 aromatic rings. The van der Waals surface area contributed by atoms with Crippen LogP contribution in [0.1, 0.15) is 19.8 Å². The Morgan fingerprint density at radius 2 is 2.57 bits per heavy atom. The SMILES string of the molecule is CCC1C[B]CC1. The highest BCUT2D eigenvalue weighted by Crippen LogP contribution is 2.22. The Labute approximate surface area is 46.5 Å². The molecule has 1 aliphatic heterocycles. The molecule has 0 amide bonds. The first-order valence-electron chi connectivity index (χ1n) is 3.25. The molecule has 0 N–H and O–H groups in total.